The summed E-state index contributed by atoms with van der Waals surface area (Å²) in [4.78, 5) is 0. The second-order valence-corrected chi connectivity index (χ2v) is 5.42. The number of terminal acetylenes is 1. The third kappa shape index (κ3) is 0.929. The van der Waals surface area contributed by atoms with Crippen LogP contribution >= 0.6 is 0 Å². The lowest BCUT2D eigenvalue weighted by Crippen LogP contribution is -2.43. The molecular formula is C12H18O. The summed E-state index contributed by atoms with van der Waals surface area (Å²) in [6, 6.07) is 0. The molecule has 1 nitrogen and oxygen atoms in total. The van der Waals surface area contributed by atoms with Crippen molar-refractivity contribution in [1.82, 2.24) is 0 Å². The van der Waals surface area contributed by atoms with Gasteiger partial charge in [0.15, 0.2) is 0 Å². The van der Waals surface area contributed by atoms with Gasteiger partial charge in [0, 0.05) is 5.92 Å². The first-order valence-electron chi connectivity index (χ1n) is 5.12. The standard InChI is InChI=1S/C12H18O/c1-5-12(13)7-9-6-10(12)8(2)11(9,3)4/h1,8-10,13H,6-7H2,2-4H3. The molecule has 72 valence electrons. The molecule has 2 aliphatic carbocycles. The molecular weight excluding hydrogens is 160 g/mol. The van der Waals surface area contributed by atoms with Crippen molar-refractivity contribution < 1.29 is 5.11 Å². The molecule has 0 aromatic rings. The van der Waals surface area contributed by atoms with Crippen LogP contribution in [0.2, 0.25) is 0 Å². The van der Waals surface area contributed by atoms with Gasteiger partial charge >= 0.3 is 0 Å². The van der Waals surface area contributed by atoms with E-state index in [1.807, 2.05) is 0 Å². The lowest BCUT2D eigenvalue weighted by Gasteiger charge is -2.42. The molecule has 1 heteroatoms. The SMILES string of the molecule is C#CC1(O)CC2CC1C(C)C2(C)C. The average molecular weight is 178 g/mol. The molecule has 0 amide bonds. The predicted octanol–water partition coefficient (Wildman–Crippen LogP) is 2.05. The van der Waals surface area contributed by atoms with Gasteiger partial charge < -0.3 is 5.11 Å². The highest BCUT2D eigenvalue weighted by atomic mass is 16.3. The maximum Gasteiger partial charge on any atom is 0.128 e. The van der Waals surface area contributed by atoms with Crippen LogP contribution in [0.25, 0.3) is 0 Å². The van der Waals surface area contributed by atoms with Crippen molar-refractivity contribution in [3.05, 3.63) is 0 Å². The molecule has 0 radical (unpaired) electrons. The van der Waals surface area contributed by atoms with Gasteiger partial charge in [-0.1, -0.05) is 26.7 Å². The fraction of sp³-hybridized carbons (Fsp3) is 0.833. The highest BCUT2D eigenvalue weighted by Crippen LogP contribution is 2.62. The summed E-state index contributed by atoms with van der Waals surface area (Å²) in [5.41, 5.74) is -0.423. The molecule has 0 spiro atoms. The Morgan fingerprint density at radius 2 is 2.08 bits per heavy atom. The van der Waals surface area contributed by atoms with Crippen molar-refractivity contribution in [1.29, 1.82) is 0 Å². The fourth-order valence-corrected chi connectivity index (χ4v) is 3.35. The van der Waals surface area contributed by atoms with E-state index in [2.05, 4.69) is 26.7 Å². The first-order valence-corrected chi connectivity index (χ1v) is 5.12. The van der Waals surface area contributed by atoms with Crippen LogP contribution in [0.4, 0.5) is 0 Å². The van der Waals surface area contributed by atoms with E-state index in [1.54, 1.807) is 0 Å². The molecule has 0 heterocycles. The number of aliphatic hydroxyl groups is 1. The summed E-state index contributed by atoms with van der Waals surface area (Å²) < 4.78 is 0. The largest absolute Gasteiger partial charge is 0.377 e. The van der Waals surface area contributed by atoms with Crippen LogP contribution in [-0.4, -0.2) is 10.7 Å². The van der Waals surface area contributed by atoms with Crippen molar-refractivity contribution in [3.8, 4) is 12.3 Å². The van der Waals surface area contributed by atoms with Crippen molar-refractivity contribution in [2.24, 2.45) is 23.2 Å². The molecule has 2 fully saturated rings. The Hall–Kier alpha value is -0.480. The van der Waals surface area contributed by atoms with Gasteiger partial charge in [0.2, 0.25) is 0 Å². The first-order chi connectivity index (χ1) is 5.92. The lowest BCUT2D eigenvalue weighted by atomic mass is 9.65. The minimum absolute atomic E-state index is 0.331. The summed E-state index contributed by atoms with van der Waals surface area (Å²) in [6.45, 7) is 6.84. The summed E-state index contributed by atoms with van der Waals surface area (Å²) in [6.07, 6.45) is 7.34. The Morgan fingerprint density at radius 3 is 2.46 bits per heavy atom. The minimum atomic E-state index is -0.792. The summed E-state index contributed by atoms with van der Waals surface area (Å²) in [5, 5.41) is 10.2. The molecule has 13 heavy (non-hydrogen) atoms. The summed E-state index contributed by atoms with van der Waals surface area (Å²) >= 11 is 0. The third-order valence-electron chi connectivity index (χ3n) is 4.79. The smallest absolute Gasteiger partial charge is 0.128 e. The predicted molar refractivity (Wildman–Crippen MR) is 52.9 cm³/mol. The topological polar surface area (TPSA) is 20.2 Å². The molecule has 0 aromatic heterocycles. The number of hydrogen-bond donors (Lipinski definition) is 1. The van der Waals surface area contributed by atoms with E-state index in [4.69, 9.17) is 6.42 Å². The fourth-order valence-electron chi connectivity index (χ4n) is 3.35. The maximum atomic E-state index is 10.2. The molecule has 2 bridgehead atoms. The normalized spacial score (nSPS) is 52.1. The molecule has 4 unspecified atom stereocenters. The van der Waals surface area contributed by atoms with Crippen LogP contribution in [0, 0.1) is 35.5 Å². The third-order valence-corrected chi connectivity index (χ3v) is 4.79. The van der Waals surface area contributed by atoms with Crippen LogP contribution in [-0.2, 0) is 0 Å². The molecule has 2 saturated carbocycles. The Morgan fingerprint density at radius 1 is 1.46 bits per heavy atom. The molecule has 2 rings (SSSR count). The molecule has 1 N–H and O–H groups in total. The Labute approximate surface area is 80.5 Å². The molecule has 4 atom stereocenters. The van der Waals surface area contributed by atoms with Gasteiger partial charge in [-0.15, -0.1) is 6.42 Å². The van der Waals surface area contributed by atoms with Crippen molar-refractivity contribution in [3.63, 3.8) is 0 Å². The molecule has 0 aliphatic heterocycles. The van der Waals surface area contributed by atoms with E-state index in [9.17, 15) is 5.11 Å². The number of fused-ring (bicyclic) bond motifs is 2. The van der Waals surface area contributed by atoms with E-state index in [0.29, 0.717) is 23.2 Å². The number of hydrogen-bond acceptors (Lipinski definition) is 1. The van der Waals surface area contributed by atoms with Gasteiger partial charge in [0.05, 0.1) is 0 Å². The van der Waals surface area contributed by atoms with E-state index in [-0.39, 0.29) is 0 Å². The van der Waals surface area contributed by atoms with Crippen LogP contribution < -0.4 is 0 Å². The Kier molecular flexibility index (Phi) is 1.61. The zero-order valence-corrected chi connectivity index (χ0v) is 8.67. The molecule has 0 saturated heterocycles. The highest BCUT2D eigenvalue weighted by molar-refractivity contribution is 5.21. The monoisotopic (exact) mass is 178 g/mol. The van der Waals surface area contributed by atoms with Gasteiger partial charge in [-0.2, -0.15) is 0 Å². The van der Waals surface area contributed by atoms with Gasteiger partial charge in [-0.3, -0.25) is 0 Å². The minimum Gasteiger partial charge on any atom is -0.377 e. The van der Waals surface area contributed by atoms with Crippen LogP contribution in [0.3, 0.4) is 0 Å². The molecule has 0 aromatic carbocycles. The first kappa shape index (κ1) is 9.09. The zero-order chi connectivity index (χ0) is 9.85. The summed E-state index contributed by atoms with van der Waals surface area (Å²) in [5.74, 6) is 4.09. The number of rotatable bonds is 0. The quantitative estimate of drug-likeness (QED) is 0.563. The maximum absolute atomic E-state index is 10.2. The van der Waals surface area contributed by atoms with Crippen molar-refractivity contribution >= 4 is 0 Å². The lowest BCUT2D eigenvalue weighted by molar-refractivity contribution is -0.0249. The second kappa shape index (κ2) is 2.30. The van der Waals surface area contributed by atoms with Crippen molar-refractivity contribution in [2.45, 2.75) is 39.2 Å². The second-order valence-electron chi connectivity index (χ2n) is 5.42. The van der Waals surface area contributed by atoms with Gasteiger partial charge in [-0.05, 0) is 30.1 Å². The van der Waals surface area contributed by atoms with Crippen LogP contribution in [0.5, 0.6) is 0 Å². The Balaban J connectivity index is 2.33. The zero-order valence-electron chi connectivity index (χ0n) is 8.67. The van der Waals surface area contributed by atoms with E-state index >= 15 is 0 Å². The van der Waals surface area contributed by atoms with Crippen molar-refractivity contribution in [2.75, 3.05) is 0 Å². The van der Waals surface area contributed by atoms with E-state index < -0.39 is 5.60 Å². The van der Waals surface area contributed by atoms with Crippen LogP contribution in [0.1, 0.15) is 33.6 Å². The highest BCUT2D eigenvalue weighted by Gasteiger charge is 2.60. The molecule has 2 aliphatic rings. The van der Waals surface area contributed by atoms with Crippen LogP contribution in [0.15, 0.2) is 0 Å². The van der Waals surface area contributed by atoms with Gasteiger partial charge in [0.1, 0.15) is 5.60 Å². The van der Waals surface area contributed by atoms with E-state index in [0.717, 1.165) is 12.8 Å². The average Bonchev–Trinajstić information content (AvgIpc) is 2.51. The Bertz CT molecular complexity index is 269. The van der Waals surface area contributed by atoms with Gasteiger partial charge in [0.25, 0.3) is 0 Å². The van der Waals surface area contributed by atoms with E-state index in [1.165, 1.54) is 0 Å². The summed E-state index contributed by atoms with van der Waals surface area (Å²) in [7, 11) is 0. The van der Waals surface area contributed by atoms with Gasteiger partial charge in [-0.25, -0.2) is 0 Å².